The SMILES string of the molecule is C=C1C[C@@H]1C(=O)O. The first-order chi connectivity index (χ1) is 3.22. The maximum absolute atomic E-state index is 9.91. The Hall–Kier alpha value is -0.790. The zero-order valence-corrected chi connectivity index (χ0v) is 3.85. The highest BCUT2D eigenvalue weighted by Gasteiger charge is 2.34. The molecule has 0 unspecified atom stereocenters. The molecule has 1 rings (SSSR count). The molecule has 0 heterocycles. The molecule has 1 N–H and O–H groups in total. The van der Waals surface area contributed by atoms with Gasteiger partial charge in [0.15, 0.2) is 0 Å². The number of carbonyl (C=O) groups is 1. The maximum atomic E-state index is 9.91. The van der Waals surface area contributed by atoms with Crippen molar-refractivity contribution in [2.24, 2.45) is 5.92 Å². The Kier molecular flexibility index (Phi) is 0.680. The summed E-state index contributed by atoms with van der Waals surface area (Å²) in [7, 11) is 0. The van der Waals surface area contributed by atoms with Crippen LogP contribution in [0.15, 0.2) is 12.2 Å². The van der Waals surface area contributed by atoms with Crippen molar-refractivity contribution in [2.75, 3.05) is 0 Å². The highest BCUT2D eigenvalue weighted by Crippen LogP contribution is 2.35. The zero-order valence-electron chi connectivity index (χ0n) is 3.85. The van der Waals surface area contributed by atoms with Gasteiger partial charge in [0.1, 0.15) is 0 Å². The van der Waals surface area contributed by atoms with E-state index in [9.17, 15) is 4.79 Å². The van der Waals surface area contributed by atoms with Gasteiger partial charge < -0.3 is 5.11 Å². The molecule has 0 aromatic heterocycles. The summed E-state index contributed by atoms with van der Waals surface area (Å²) in [5.74, 6) is -0.940. The quantitative estimate of drug-likeness (QED) is 0.489. The van der Waals surface area contributed by atoms with E-state index in [1.54, 1.807) is 0 Å². The summed E-state index contributed by atoms with van der Waals surface area (Å²) in [5, 5.41) is 8.16. The van der Waals surface area contributed by atoms with Gasteiger partial charge in [0.2, 0.25) is 0 Å². The van der Waals surface area contributed by atoms with E-state index in [0.717, 1.165) is 5.57 Å². The molecule has 0 radical (unpaired) electrons. The number of rotatable bonds is 1. The van der Waals surface area contributed by atoms with Gasteiger partial charge in [-0.15, -0.1) is 0 Å². The van der Waals surface area contributed by atoms with Gasteiger partial charge in [-0.1, -0.05) is 12.2 Å². The molecule has 2 nitrogen and oxygen atoms in total. The van der Waals surface area contributed by atoms with E-state index < -0.39 is 5.97 Å². The van der Waals surface area contributed by atoms with Crippen LogP contribution in [-0.4, -0.2) is 11.1 Å². The molecule has 0 bridgehead atoms. The van der Waals surface area contributed by atoms with E-state index >= 15 is 0 Å². The number of carboxylic acids is 1. The third kappa shape index (κ3) is 0.633. The maximum Gasteiger partial charge on any atom is 0.310 e. The molecule has 0 saturated heterocycles. The van der Waals surface area contributed by atoms with Crippen LogP contribution in [0.4, 0.5) is 0 Å². The highest BCUT2D eigenvalue weighted by atomic mass is 16.4. The Morgan fingerprint density at radius 1 is 2.00 bits per heavy atom. The fourth-order valence-corrected chi connectivity index (χ4v) is 0.465. The molecule has 38 valence electrons. The van der Waals surface area contributed by atoms with Crippen LogP contribution in [0.3, 0.4) is 0 Å². The van der Waals surface area contributed by atoms with Crippen molar-refractivity contribution in [3.8, 4) is 0 Å². The molecule has 0 spiro atoms. The van der Waals surface area contributed by atoms with Crippen molar-refractivity contribution in [3.63, 3.8) is 0 Å². The Balaban J connectivity index is 2.48. The first-order valence-corrected chi connectivity index (χ1v) is 2.12. The second-order valence-corrected chi connectivity index (χ2v) is 1.75. The second-order valence-electron chi connectivity index (χ2n) is 1.75. The number of aliphatic carboxylic acids is 1. The van der Waals surface area contributed by atoms with Crippen molar-refractivity contribution in [2.45, 2.75) is 6.42 Å². The highest BCUT2D eigenvalue weighted by molar-refractivity contribution is 5.78. The molecule has 1 saturated carbocycles. The van der Waals surface area contributed by atoms with Crippen LogP contribution in [0.2, 0.25) is 0 Å². The molecule has 1 fully saturated rings. The first-order valence-electron chi connectivity index (χ1n) is 2.12. The normalized spacial score (nSPS) is 27.4. The van der Waals surface area contributed by atoms with Crippen LogP contribution in [0.1, 0.15) is 6.42 Å². The first kappa shape index (κ1) is 4.37. The number of carboxylic acid groups (broad SMARTS) is 1. The summed E-state index contributed by atoms with van der Waals surface area (Å²) < 4.78 is 0. The lowest BCUT2D eigenvalue weighted by Crippen LogP contribution is -1.95. The smallest absolute Gasteiger partial charge is 0.310 e. The van der Waals surface area contributed by atoms with Crippen molar-refractivity contribution in [3.05, 3.63) is 12.2 Å². The van der Waals surface area contributed by atoms with Crippen LogP contribution in [0.5, 0.6) is 0 Å². The van der Waals surface area contributed by atoms with Gasteiger partial charge in [0, 0.05) is 0 Å². The van der Waals surface area contributed by atoms with Gasteiger partial charge in [0.25, 0.3) is 0 Å². The summed E-state index contributed by atoms with van der Waals surface area (Å²) in [6.07, 6.45) is 0.690. The average Bonchev–Trinajstić information content (AvgIpc) is 2.17. The second kappa shape index (κ2) is 1.09. The van der Waals surface area contributed by atoms with Gasteiger partial charge in [-0.05, 0) is 6.42 Å². The lowest BCUT2D eigenvalue weighted by Gasteiger charge is -1.76. The standard InChI is InChI=1S/C5H6O2/c1-3-2-4(3)5(6)7/h4H,1-2H2,(H,6,7)/t4-/m0/s1. The lowest BCUT2D eigenvalue weighted by molar-refractivity contribution is -0.138. The van der Waals surface area contributed by atoms with Crippen LogP contribution in [-0.2, 0) is 4.79 Å². The van der Waals surface area contributed by atoms with Crippen molar-refractivity contribution >= 4 is 5.97 Å². The monoisotopic (exact) mass is 98.0 g/mol. The zero-order chi connectivity index (χ0) is 5.44. The molecule has 0 aromatic rings. The predicted octanol–water partition coefficient (Wildman–Crippen LogP) is 0.647. The summed E-state index contributed by atoms with van der Waals surface area (Å²) in [6, 6.07) is 0. The predicted molar refractivity (Wildman–Crippen MR) is 24.9 cm³/mol. The summed E-state index contributed by atoms with van der Waals surface area (Å²) >= 11 is 0. The van der Waals surface area contributed by atoms with E-state index in [2.05, 4.69) is 6.58 Å². The van der Waals surface area contributed by atoms with Crippen LogP contribution < -0.4 is 0 Å². The Morgan fingerprint density at radius 3 is 2.43 bits per heavy atom. The van der Waals surface area contributed by atoms with E-state index in [1.807, 2.05) is 0 Å². The fourth-order valence-electron chi connectivity index (χ4n) is 0.465. The molecule has 2 heteroatoms. The molecule has 1 aliphatic carbocycles. The van der Waals surface area contributed by atoms with Crippen LogP contribution >= 0.6 is 0 Å². The molecule has 0 aliphatic heterocycles. The topological polar surface area (TPSA) is 37.3 Å². The molecular formula is C5H6O2. The molecule has 0 aromatic carbocycles. The minimum atomic E-state index is -0.731. The van der Waals surface area contributed by atoms with Crippen LogP contribution in [0, 0.1) is 5.92 Å². The Labute approximate surface area is 41.5 Å². The number of hydrogen-bond donors (Lipinski definition) is 1. The third-order valence-corrected chi connectivity index (χ3v) is 1.10. The molecular weight excluding hydrogens is 92.1 g/mol. The minimum absolute atomic E-state index is 0.208. The van der Waals surface area contributed by atoms with Crippen molar-refractivity contribution in [1.29, 1.82) is 0 Å². The van der Waals surface area contributed by atoms with Crippen molar-refractivity contribution in [1.82, 2.24) is 0 Å². The van der Waals surface area contributed by atoms with Gasteiger partial charge in [-0.25, -0.2) is 0 Å². The van der Waals surface area contributed by atoms with Gasteiger partial charge in [0.05, 0.1) is 5.92 Å². The van der Waals surface area contributed by atoms with E-state index in [1.165, 1.54) is 0 Å². The average molecular weight is 98.1 g/mol. The van der Waals surface area contributed by atoms with E-state index in [-0.39, 0.29) is 5.92 Å². The Bertz CT molecular complexity index is 126. The van der Waals surface area contributed by atoms with E-state index in [0.29, 0.717) is 6.42 Å². The van der Waals surface area contributed by atoms with E-state index in [4.69, 9.17) is 5.11 Å². The molecule has 7 heavy (non-hydrogen) atoms. The Morgan fingerprint density at radius 2 is 2.43 bits per heavy atom. The van der Waals surface area contributed by atoms with Crippen LogP contribution in [0.25, 0.3) is 0 Å². The fraction of sp³-hybridized carbons (Fsp3) is 0.400. The van der Waals surface area contributed by atoms with Crippen molar-refractivity contribution < 1.29 is 9.90 Å². The van der Waals surface area contributed by atoms with Gasteiger partial charge >= 0.3 is 5.97 Å². The largest absolute Gasteiger partial charge is 0.481 e. The minimum Gasteiger partial charge on any atom is -0.481 e. The molecule has 1 aliphatic rings. The summed E-state index contributed by atoms with van der Waals surface area (Å²) in [4.78, 5) is 9.91. The summed E-state index contributed by atoms with van der Waals surface area (Å²) in [6.45, 7) is 3.49. The third-order valence-electron chi connectivity index (χ3n) is 1.10. The lowest BCUT2D eigenvalue weighted by atomic mass is 10.4. The van der Waals surface area contributed by atoms with Gasteiger partial charge in [-0.2, -0.15) is 0 Å². The molecule has 1 atom stereocenters. The van der Waals surface area contributed by atoms with Gasteiger partial charge in [-0.3, -0.25) is 4.79 Å². The number of hydrogen-bond acceptors (Lipinski definition) is 1. The summed E-state index contributed by atoms with van der Waals surface area (Å²) in [5.41, 5.74) is 0.854. The molecule has 0 amide bonds.